The first kappa shape index (κ1) is 9.79. The number of halogens is 3. The zero-order valence-electron chi connectivity index (χ0n) is 6.55. The van der Waals surface area contributed by atoms with Gasteiger partial charge in [-0.25, -0.2) is 4.98 Å². The average Bonchev–Trinajstić information content (AvgIpc) is 2.02. The monoisotopic (exact) mass is 191 g/mol. The Morgan fingerprint density at radius 2 is 2.00 bits per heavy atom. The van der Waals surface area contributed by atoms with Crippen LogP contribution in [0, 0.1) is 0 Å². The maximum atomic E-state index is 12.1. The van der Waals surface area contributed by atoms with E-state index in [1.807, 2.05) is 0 Å². The Kier molecular flexibility index (Phi) is 2.42. The molecule has 72 valence electrons. The Labute approximate surface area is 72.6 Å². The first-order valence-corrected chi connectivity index (χ1v) is 3.45. The first-order valence-electron chi connectivity index (χ1n) is 3.45. The van der Waals surface area contributed by atoms with E-state index in [1.54, 1.807) is 0 Å². The summed E-state index contributed by atoms with van der Waals surface area (Å²) in [5.41, 5.74) is 9.96. The van der Waals surface area contributed by atoms with Gasteiger partial charge in [0.1, 0.15) is 11.9 Å². The van der Waals surface area contributed by atoms with Crippen molar-refractivity contribution in [3.63, 3.8) is 0 Å². The summed E-state index contributed by atoms with van der Waals surface area (Å²) in [5.74, 6) is -0.188. The van der Waals surface area contributed by atoms with Gasteiger partial charge in [-0.15, -0.1) is 0 Å². The number of hydrogen-bond acceptors (Lipinski definition) is 3. The fraction of sp³-hybridized carbons (Fsp3) is 0.286. The van der Waals surface area contributed by atoms with E-state index in [1.165, 1.54) is 18.3 Å². The second-order valence-corrected chi connectivity index (χ2v) is 2.50. The third-order valence-corrected chi connectivity index (χ3v) is 1.56. The molecule has 0 unspecified atom stereocenters. The van der Waals surface area contributed by atoms with E-state index >= 15 is 0 Å². The maximum Gasteiger partial charge on any atom is 0.407 e. The van der Waals surface area contributed by atoms with Gasteiger partial charge in [0, 0.05) is 11.8 Å². The fourth-order valence-corrected chi connectivity index (χ4v) is 0.869. The standard InChI is InChI=1S/C7H8F3N3/c8-7(9,10)5(11)4-2-1-3-13-6(4)12/h1-3,5H,11H2,(H2,12,13)/t5-/m1/s1. The molecule has 13 heavy (non-hydrogen) atoms. The van der Waals surface area contributed by atoms with Crippen LogP contribution in [0.25, 0.3) is 0 Å². The third kappa shape index (κ3) is 2.09. The van der Waals surface area contributed by atoms with Gasteiger partial charge in [0.25, 0.3) is 0 Å². The summed E-state index contributed by atoms with van der Waals surface area (Å²) >= 11 is 0. The second-order valence-electron chi connectivity index (χ2n) is 2.50. The normalized spacial score (nSPS) is 14.2. The van der Waals surface area contributed by atoms with Crippen LogP contribution >= 0.6 is 0 Å². The van der Waals surface area contributed by atoms with Crippen LogP contribution in [0.2, 0.25) is 0 Å². The van der Waals surface area contributed by atoms with Crippen molar-refractivity contribution >= 4 is 5.82 Å². The van der Waals surface area contributed by atoms with Crippen LogP contribution in [0.4, 0.5) is 19.0 Å². The van der Waals surface area contributed by atoms with Crippen LogP contribution in [0.1, 0.15) is 11.6 Å². The van der Waals surface area contributed by atoms with Gasteiger partial charge in [-0.1, -0.05) is 6.07 Å². The van der Waals surface area contributed by atoms with Crippen molar-refractivity contribution in [1.82, 2.24) is 4.98 Å². The van der Waals surface area contributed by atoms with Crippen molar-refractivity contribution in [2.24, 2.45) is 5.73 Å². The number of rotatable bonds is 1. The molecule has 4 N–H and O–H groups in total. The largest absolute Gasteiger partial charge is 0.407 e. The van der Waals surface area contributed by atoms with E-state index in [0.717, 1.165) is 0 Å². The van der Waals surface area contributed by atoms with Crippen LogP contribution in [-0.2, 0) is 0 Å². The molecule has 0 saturated carbocycles. The molecule has 1 aromatic rings. The van der Waals surface area contributed by atoms with Gasteiger partial charge in [0.05, 0.1) is 0 Å². The number of alkyl halides is 3. The van der Waals surface area contributed by atoms with E-state index in [0.29, 0.717) is 0 Å². The van der Waals surface area contributed by atoms with Crippen LogP contribution in [0.5, 0.6) is 0 Å². The van der Waals surface area contributed by atoms with E-state index < -0.39 is 12.2 Å². The minimum atomic E-state index is -4.49. The summed E-state index contributed by atoms with van der Waals surface area (Å²) in [7, 11) is 0. The maximum absolute atomic E-state index is 12.1. The summed E-state index contributed by atoms with van der Waals surface area (Å²) in [6.45, 7) is 0. The zero-order chi connectivity index (χ0) is 10.1. The van der Waals surface area contributed by atoms with Gasteiger partial charge in [-0.2, -0.15) is 13.2 Å². The highest BCUT2D eigenvalue weighted by molar-refractivity contribution is 5.41. The molecule has 0 bridgehead atoms. The molecule has 0 radical (unpaired) electrons. The quantitative estimate of drug-likeness (QED) is 0.701. The molecule has 0 spiro atoms. The molecule has 0 aromatic carbocycles. The lowest BCUT2D eigenvalue weighted by atomic mass is 10.1. The number of nitrogens with two attached hydrogens (primary N) is 2. The summed E-state index contributed by atoms with van der Waals surface area (Å²) in [6, 6.07) is 0.499. The predicted octanol–water partition coefficient (Wildman–Crippen LogP) is 1.23. The van der Waals surface area contributed by atoms with Crippen LogP contribution in [-0.4, -0.2) is 11.2 Å². The van der Waals surface area contributed by atoms with Gasteiger partial charge >= 0.3 is 6.18 Å². The van der Waals surface area contributed by atoms with E-state index in [-0.39, 0.29) is 11.4 Å². The van der Waals surface area contributed by atoms with E-state index in [2.05, 4.69) is 4.98 Å². The van der Waals surface area contributed by atoms with Gasteiger partial charge < -0.3 is 11.5 Å². The Morgan fingerprint density at radius 3 is 2.46 bits per heavy atom. The average molecular weight is 191 g/mol. The fourth-order valence-electron chi connectivity index (χ4n) is 0.869. The van der Waals surface area contributed by atoms with Crippen molar-refractivity contribution in [3.05, 3.63) is 23.9 Å². The van der Waals surface area contributed by atoms with E-state index in [4.69, 9.17) is 11.5 Å². The van der Waals surface area contributed by atoms with Crippen molar-refractivity contribution in [1.29, 1.82) is 0 Å². The van der Waals surface area contributed by atoms with Crippen molar-refractivity contribution < 1.29 is 13.2 Å². The third-order valence-electron chi connectivity index (χ3n) is 1.56. The smallest absolute Gasteiger partial charge is 0.383 e. The van der Waals surface area contributed by atoms with Crippen LogP contribution in [0.3, 0.4) is 0 Å². The van der Waals surface area contributed by atoms with Gasteiger partial charge in [0.15, 0.2) is 0 Å². The second kappa shape index (κ2) is 3.21. The predicted molar refractivity (Wildman–Crippen MR) is 41.6 cm³/mol. The molecular formula is C7H8F3N3. The Morgan fingerprint density at radius 1 is 1.38 bits per heavy atom. The number of nitrogens with zero attached hydrogens (tertiary/aromatic N) is 1. The molecule has 3 nitrogen and oxygen atoms in total. The molecule has 1 rings (SSSR count). The van der Waals surface area contributed by atoms with Gasteiger partial charge in [0.2, 0.25) is 0 Å². The molecule has 0 aliphatic heterocycles. The summed E-state index contributed by atoms with van der Waals surface area (Å²) in [4.78, 5) is 3.51. The topological polar surface area (TPSA) is 64.9 Å². The first-order chi connectivity index (χ1) is 5.93. The highest BCUT2D eigenvalue weighted by atomic mass is 19.4. The lowest BCUT2D eigenvalue weighted by molar-refractivity contribution is -0.149. The molecule has 0 fully saturated rings. The number of anilines is 1. The molecule has 0 aliphatic rings. The molecule has 0 amide bonds. The lowest BCUT2D eigenvalue weighted by Crippen LogP contribution is -2.29. The zero-order valence-corrected chi connectivity index (χ0v) is 6.55. The Hall–Kier alpha value is -1.30. The van der Waals surface area contributed by atoms with Crippen molar-refractivity contribution in [2.75, 3.05) is 5.73 Å². The van der Waals surface area contributed by atoms with Gasteiger partial charge in [-0.05, 0) is 6.07 Å². The van der Waals surface area contributed by atoms with Crippen molar-refractivity contribution in [2.45, 2.75) is 12.2 Å². The SMILES string of the molecule is Nc1ncccc1[C@@H](N)C(F)(F)F. The molecule has 1 aromatic heterocycles. The Bertz CT molecular complexity index is 297. The van der Waals surface area contributed by atoms with Gasteiger partial charge in [-0.3, -0.25) is 0 Å². The molecule has 0 saturated heterocycles. The van der Waals surface area contributed by atoms with Crippen molar-refractivity contribution in [3.8, 4) is 0 Å². The highest BCUT2D eigenvalue weighted by Gasteiger charge is 2.38. The molecule has 6 heteroatoms. The summed E-state index contributed by atoms with van der Waals surface area (Å²) < 4.78 is 36.3. The highest BCUT2D eigenvalue weighted by Crippen LogP contribution is 2.32. The minimum Gasteiger partial charge on any atom is -0.383 e. The molecule has 1 atom stereocenters. The number of hydrogen-bond donors (Lipinski definition) is 2. The van der Waals surface area contributed by atoms with E-state index in [9.17, 15) is 13.2 Å². The van der Waals surface area contributed by atoms with Crippen LogP contribution in [0.15, 0.2) is 18.3 Å². The summed E-state index contributed by atoms with van der Waals surface area (Å²) in [6.07, 6.45) is -3.18. The molecular weight excluding hydrogens is 183 g/mol. The van der Waals surface area contributed by atoms with Crippen LogP contribution < -0.4 is 11.5 Å². The molecule has 0 aliphatic carbocycles. The molecule has 1 heterocycles. The minimum absolute atomic E-state index is 0.188. The number of pyridine rings is 1. The number of aromatic nitrogens is 1. The number of nitrogen functional groups attached to an aromatic ring is 1. The Balaban J connectivity index is 3.02. The lowest BCUT2D eigenvalue weighted by Gasteiger charge is -2.16. The summed E-state index contributed by atoms with van der Waals surface area (Å²) in [5, 5.41) is 0.